The summed E-state index contributed by atoms with van der Waals surface area (Å²) in [4.78, 5) is 17.4. The Balaban J connectivity index is 0.00000160. The molecule has 3 heterocycles. The minimum atomic E-state index is -0.0956. The minimum Gasteiger partial charge on any atom is -0.486 e. The number of piperidine rings is 1. The van der Waals surface area contributed by atoms with E-state index in [9.17, 15) is 4.79 Å². The molecule has 0 spiro atoms. The van der Waals surface area contributed by atoms with Gasteiger partial charge in [0.2, 0.25) is 0 Å². The van der Waals surface area contributed by atoms with Crippen LogP contribution in [0.5, 0.6) is 5.75 Å². The third kappa shape index (κ3) is 5.45. The Kier molecular flexibility index (Phi) is 8.53. The van der Waals surface area contributed by atoms with Gasteiger partial charge in [0, 0.05) is 24.5 Å². The summed E-state index contributed by atoms with van der Waals surface area (Å²) in [6, 6.07) is 11.8. The number of pyridine rings is 1. The van der Waals surface area contributed by atoms with Crippen LogP contribution >= 0.6 is 24.8 Å². The summed E-state index contributed by atoms with van der Waals surface area (Å²) >= 11 is 0. The minimum absolute atomic E-state index is 0. The lowest BCUT2D eigenvalue weighted by Gasteiger charge is -2.30. The molecule has 1 fully saturated rings. The van der Waals surface area contributed by atoms with Crippen LogP contribution in [-0.4, -0.2) is 33.9 Å². The molecule has 1 aromatic carbocycles. The van der Waals surface area contributed by atoms with E-state index in [1.807, 2.05) is 54.0 Å². The Morgan fingerprint density at radius 2 is 2.03 bits per heavy atom. The number of amides is 1. The lowest BCUT2D eigenvalue weighted by Crippen LogP contribution is -2.51. The van der Waals surface area contributed by atoms with E-state index in [2.05, 4.69) is 22.5 Å². The molecule has 0 saturated carbocycles. The van der Waals surface area contributed by atoms with Gasteiger partial charge in [0.25, 0.3) is 5.91 Å². The maximum atomic E-state index is 12.8. The Bertz CT molecular complexity index is 992. The predicted octanol–water partition coefficient (Wildman–Crippen LogP) is 3.94. The second kappa shape index (κ2) is 10.7. The number of aromatic nitrogens is 2. The lowest BCUT2D eigenvalue weighted by molar-refractivity contribution is 0.0915. The Morgan fingerprint density at radius 3 is 2.83 bits per heavy atom. The molecule has 30 heavy (non-hydrogen) atoms. The monoisotopic (exact) mass is 450 g/mol. The van der Waals surface area contributed by atoms with Gasteiger partial charge in [0.05, 0.1) is 11.3 Å². The third-order valence-electron chi connectivity index (χ3n) is 5.23. The first-order chi connectivity index (χ1) is 13.6. The van der Waals surface area contributed by atoms with Gasteiger partial charge in [0.1, 0.15) is 18.0 Å². The third-order valence-corrected chi connectivity index (χ3v) is 5.23. The molecule has 2 atom stereocenters. The second-order valence-electron chi connectivity index (χ2n) is 7.45. The van der Waals surface area contributed by atoms with Gasteiger partial charge in [-0.25, -0.2) is 4.98 Å². The molecule has 4 rings (SSSR count). The van der Waals surface area contributed by atoms with Crippen molar-refractivity contribution < 1.29 is 9.53 Å². The van der Waals surface area contributed by atoms with Crippen molar-refractivity contribution in [3.63, 3.8) is 0 Å². The smallest absolute Gasteiger partial charge is 0.255 e. The second-order valence-corrected chi connectivity index (χ2v) is 7.45. The molecule has 1 amide bonds. The fraction of sp³-hybridized carbons (Fsp3) is 0.364. The number of aryl methyl sites for hydroxylation is 1. The normalized spacial score (nSPS) is 18.2. The Morgan fingerprint density at radius 1 is 1.23 bits per heavy atom. The van der Waals surface area contributed by atoms with Gasteiger partial charge in [-0.3, -0.25) is 4.79 Å². The predicted molar refractivity (Wildman–Crippen MR) is 123 cm³/mol. The van der Waals surface area contributed by atoms with Crippen molar-refractivity contribution in [3.05, 3.63) is 65.6 Å². The van der Waals surface area contributed by atoms with Gasteiger partial charge < -0.3 is 19.8 Å². The summed E-state index contributed by atoms with van der Waals surface area (Å²) in [5.41, 5.74) is 3.44. The molecule has 1 aliphatic heterocycles. The number of fused-ring (bicyclic) bond motifs is 1. The topological polar surface area (TPSA) is 67.7 Å². The first kappa shape index (κ1) is 24.0. The summed E-state index contributed by atoms with van der Waals surface area (Å²) in [7, 11) is 0. The number of nitrogens with zero attached hydrogens (tertiary/aromatic N) is 2. The van der Waals surface area contributed by atoms with Crippen molar-refractivity contribution in [1.82, 2.24) is 20.0 Å². The number of para-hydroxylation sites is 1. The van der Waals surface area contributed by atoms with Crippen LogP contribution in [0, 0.1) is 6.92 Å². The summed E-state index contributed by atoms with van der Waals surface area (Å²) in [5.74, 6) is 0.478. The average Bonchev–Trinajstić information content (AvgIpc) is 3.10. The van der Waals surface area contributed by atoms with E-state index in [1.54, 1.807) is 6.07 Å². The molecule has 3 aromatic rings. The number of nitrogens with one attached hydrogen (secondary N) is 2. The number of ether oxygens (including phenoxy) is 1. The van der Waals surface area contributed by atoms with Crippen LogP contribution in [0.25, 0.3) is 5.65 Å². The summed E-state index contributed by atoms with van der Waals surface area (Å²) in [6.07, 6.45) is 6.05. The molecule has 162 valence electrons. The van der Waals surface area contributed by atoms with Crippen LogP contribution < -0.4 is 15.4 Å². The number of imidazole rings is 1. The molecule has 0 aliphatic carbocycles. The van der Waals surface area contributed by atoms with Crippen molar-refractivity contribution in [2.75, 3.05) is 6.54 Å². The quantitative estimate of drug-likeness (QED) is 0.617. The zero-order valence-corrected chi connectivity index (χ0v) is 18.8. The van der Waals surface area contributed by atoms with Crippen LogP contribution in [0.3, 0.4) is 0 Å². The van der Waals surface area contributed by atoms with Crippen molar-refractivity contribution in [2.24, 2.45) is 0 Å². The zero-order chi connectivity index (χ0) is 19.5. The number of hydrogen-bond donors (Lipinski definition) is 2. The van der Waals surface area contributed by atoms with E-state index in [4.69, 9.17) is 4.74 Å². The molecule has 6 nitrogen and oxygen atoms in total. The van der Waals surface area contributed by atoms with E-state index in [0.29, 0.717) is 17.9 Å². The van der Waals surface area contributed by atoms with E-state index < -0.39 is 0 Å². The van der Waals surface area contributed by atoms with Gasteiger partial charge in [-0.05, 0) is 57.0 Å². The molecule has 1 saturated heterocycles. The summed E-state index contributed by atoms with van der Waals surface area (Å²) < 4.78 is 7.96. The first-order valence-corrected chi connectivity index (χ1v) is 9.80. The highest BCUT2D eigenvalue weighted by molar-refractivity contribution is 5.97. The van der Waals surface area contributed by atoms with Crippen LogP contribution in [-0.2, 0) is 6.61 Å². The SMILES string of the molecule is Cc1ccc2nc(COc3ccccc3C(=O)NC3CCCNC3C)cn2c1.Cl.Cl. The van der Waals surface area contributed by atoms with Gasteiger partial charge in [0.15, 0.2) is 0 Å². The van der Waals surface area contributed by atoms with Crippen LogP contribution in [0.2, 0.25) is 0 Å². The van der Waals surface area contributed by atoms with Gasteiger partial charge in [-0.15, -0.1) is 24.8 Å². The fourth-order valence-corrected chi connectivity index (χ4v) is 3.64. The average molecular weight is 451 g/mol. The standard InChI is InChI=1S/C22H26N4O2.2ClH/c1-15-9-10-21-24-17(13-26(21)12-15)14-28-20-8-4-3-6-18(20)22(27)25-19-7-5-11-23-16(19)2;;/h3-4,6,8-10,12-13,16,19,23H,5,7,11,14H2,1-2H3,(H,25,27);2*1H. The zero-order valence-electron chi connectivity index (χ0n) is 17.1. The van der Waals surface area contributed by atoms with Gasteiger partial charge >= 0.3 is 0 Å². The molecule has 0 bridgehead atoms. The number of benzene rings is 1. The summed E-state index contributed by atoms with van der Waals surface area (Å²) in [6.45, 7) is 5.48. The van der Waals surface area contributed by atoms with Crippen LogP contribution in [0.1, 0.15) is 41.4 Å². The number of hydrogen-bond acceptors (Lipinski definition) is 4. The highest BCUT2D eigenvalue weighted by atomic mass is 35.5. The Hall–Kier alpha value is -2.28. The molecule has 1 aliphatic rings. The fourth-order valence-electron chi connectivity index (χ4n) is 3.64. The molecule has 8 heteroatoms. The lowest BCUT2D eigenvalue weighted by atomic mass is 9.99. The van der Waals surface area contributed by atoms with Gasteiger partial charge in [-0.1, -0.05) is 18.2 Å². The van der Waals surface area contributed by atoms with E-state index in [0.717, 1.165) is 30.7 Å². The highest BCUT2D eigenvalue weighted by Crippen LogP contribution is 2.20. The molecule has 2 N–H and O–H groups in total. The number of carbonyl (C=O) groups is 1. The highest BCUT2D eigenvalue weighted by Gasteiger charge is 2.24. The number of carbonyl (C=O) groups excluding carboxylic acids is 1. The van der Waals surface area contributed by atoms with Crippen molar-refractivity contribution in [1.29, 1.82) is 0 Å². The maximum absolute atomic E-state index is 12.8. The number of halogens is 2. The van der Waals surface area contributed by atoms with Crippen molar-refractivity contribution in [2.45, 2.75) is 45.4 Å². The number of rotatable bonds is 5. The van der Waals surface area contributed by atoms with Crippen molar-refractivity contribution in [3.8, 4) is 5.75 Å². The summed E-state index contributed by atoms with van der Waals surface area (Å²) in [5, 5.41) is 6.56. The molecular weight excluding hydrogens is 423 g/mol. The van der Waals surface area contributed by atoms with E-state index >= 15 is 0 Å². The first-order valence-electron chi connectivity index (χ1n) is 9.80. The molecule has 0 radical (unpaired) electrons. The van der Waals surface area contributed by atoms with Crippen LogP contribution in [0.4, 0.5) is 0 Å². The van der Waals surface area contributed by atoms with E-state index in [-0.39, 0.29) is 42.8 Å². The molecule has 2 aromatic heterocycles. The maximum Gasteiger partial charge on any atom is 0.255 e. The Labute approximate surface area is 189 Å². The van der Waals surface area contributed by atoms with Gasteiger partial charge in [-0.2, -0.15) is 0 Å². The van der Waals surface area contributed by atoms with E-state index in [1.165, 1.54) is 5.56 Å². The largest absolute Gasteiger partial charge is 0.486 e. The van der Waals surface area contributed by atoms with Crippen LogP contribution in [0.15, 0.2) is 48.8 Å². The molecule has 2 unspecified atom stereocenters. The molecular formula is C22H28Cl2N4O2. The van der Waals surface area contributed by atoms with Crippen molar-refractivity contribution >= 4 is 36.4 Å².